The Morgan fingerprint density at radius 1 is 1.13 bits per heavy atom. The van der Waals surface area contributed by atoms with E-state index in [0.29, 0.717) is 11.3 Å². The summed E-state index contributed by atoms with van der Waals surface area (Å²) in [6, 6.07) is 2.18. The second-order valence-corrected chi connectivity index (χ2v) is 11.1. The standard InChI is InChI=1S/C27H33N3O8/c1-10-12-8-9-13(29-11-6-4-5-7-11)20(31)15(12)21(32)16-14(10)22(33)18-19(30(2)3)23(34)17(26(28)37)25(36)27(18,38)24(16)35/h8-11,14,18-19,22,29,31-33,36,38H,4-7H2,1-3H3,(H2,28,37)/t10-,14+,18+,19-,22-,27-/m0/s1. The van der Waals surface area contributed by atoms with Gasteiger partial charge in [-0.25, -0.2) is 0 Å². The lowest BCUT2D eigenvalue weighted by atomic mass is 9.54. The molecule has 1 aromatic carbocycles. The van der Waals surface area contributed by atoms with E-state index in [0.717, 1.165) is 25.7 Å². The Balaban J connectivity index is 1.72. The molecule has 0 bridgehead atoms. The normalized spacial score (nSPS) is 33.4. The summed E-state index contributed by atoms with van der Waals surface area (Å²) >= 11 is 0. The van der Waals surface area contributed by atoms with Gasteiger partial charge >= 0.3 is 0 Å². The summed E-state index contributed by atoms with van der Waals surface area (Å²) < 4.78 is 0. The van der Waals surface area contributed by atoms with Gasteiger partial charge < -0.3 is 36.6 Å². The predicted octanol–water partition coefficient (Wildman–Crippen LogP) is 0.850. The lowest BCUT2D eigenvalue weighted by Gasteiger charge is -2.53. The van der Waals surface area contributed by atoms with Crippen molar-refractivity contribution < 1.29 is 39.9 Å². The van der Waals surface area contributed by atoms with Gasteiger partial charge in [0.25, 0.3) is 5.91 Å². The van der Waals surface area contributed by atoms with Crippen LogP contribution in [-0.4, -0.2) is 85.8 Å². The topological polar surface area (TPSA) is 194 Å². The van der Waals surface area contributed by atoms with Crippen LogP contribution in [0.3, 0.4) is 0 Å². The van der Waals surface area contributed by atoms with Gasteiger partial charge in [-0.2, -0.15) is 0 Å². The first-order valence-electron chi connectivity index (χ1n) is 12.8. The number of nitrogens with one attached hydrogen (secondary N) is 1. The number of likely N-dealkylation sites (N-methyl/N-ethyl adjacent to an activating group) is 1. The van der Waals surface area contributed by atoms with Crippen LogP contribution in [0.5, 0.6) is 5.75 Å². The maximum absolute atomic E-state index is 14.0. The highest BCUT2D eigenvalue weighted by Crippen LogP contribution is 2.56. The first-order chi connectivity index (χ1) is 17.8. The Kier molecular flexibility index (Phi) is 6.08. The summed E-state index contributed by atoms with van der Waals surface area (Å²) in [7, 11) is 2.95. The number of nitrogens with two attached hydrogens (primary N) is 1. The number of fused-ring (bicyclic) bond motifs is 3. The summed E-state index contributed by atoms with van der Waals surface area (Å²) in [6.45, 7) is 1.71. The molecule has 0 unspecified atom stereocenters. The average molecular weight is 528 g/mol. The van der Waals surface area contributed by atoms with E-state index in [9.17, 15) is 39.9 Å². The predicted molar refractivity (Wildman–Crippen MR) is 136 cm³/mol. The van der Waals surface area contributed by atoms with Crippen molar-refractivity contribution in [1.82, 2.24) is 4.90 Å². The Labute approximate surface area is 219 Å². The number of ketones is 2. The summed E-state index contributed by atoms with van der Waals surface area (Å²) in [5.74, 6) is -8.88. The SMILES string of the molecule is C[C@H]1c2ccc(NC3CCCC3)c(O)c2C(O)=C2C(=O)[C@]3(O)C(O)=C(C(N)=O)C(=O)[C@@H](N(C)C)[C@@H]3[C@@H](O)[C@@H]21. The number of carbonyl (C=O) groups excluding carboxylic acids is 3. The van der Waals surface area contributed by atoms with Crippen LogP contribution in [0.4, 0.5) is 5.69 Å². The van der Waals surface area contributed by atoms with Crippen molar-refractivity contribution in [2.75, 3.05) is 19.4 Å². The molecule has 0 aliphatic heterocycles. The third-order valence-electron chi connectivity index (χ3n) is 8.84. The largest absolute Gasteiger partial charge is 0.508 e. The highest BCUT2D eigenvalue weighted by atomic mass is 16.4. The van der Waals surface area contributed by atoms with Crippen LogP contribution in [-0.2, 0) is 14.4 Å². The summed E-state index contributed by atoms with van der Waals surface area (Å²) in [4.78, 5) is 40.7. The molecule has 11 nitrogen and oxygen atoms in total. The number of amides is 1. The lowest BCUT2D eigenvalue weighted by molar-refractivity contribution is -0.169. The fourth-order valence-electron chi connectivity index (χ4n) is 7.02. The number of aromatic hydroxyl groups is 1. The van der Waals surface area contributed by atoms with Crippen LogP contribution in [0.25, 0.3) is 5.76 Å². The molecule has 1 aromatic rings. The van der Waals surface area contributed by atoms with E-state index in [-0.39, 0.29) is 17.4 Å². The van der Waals surface area contributed by atoms with E-state index in [1.54, 1.807) is 19.1 Å². The number of aliphatic hydroxyl groups excluding tert-OH is 3. The molecule has 2 saturated carbocycles. The fraction of sp³-hybridized carbons (Fsp3) is 0.519. The van der Waals surface area contributed by atoms with Crippen molar-refractivity contribution >= 4 is 28.9 Å². The van der Waals surface area contributed by atoms with Gasteiger partial charge in [0.05, 0.1) is 29.3 Å². The minimum Gasteiger partial charge on any atom is -0.508 e. The molecular formula is C27H33N3O8. The molecule has 6 atom stereocenters. The molecule has 0 aromatic heterocycles. The number of Topliss-reactive ketones (excluding diaryl/α,β-unsaturated/α-hetero) is 2. The monoisotopic (exact) mass is 527 g/mol. The van der Waals surface area contributed by atoms with Crippen molar-refractivity contribution in [3.63, 3.8) is 0 Å². The Morgan fingerprint density at radius 3 is 2.34 bits per heavy atom. The minimum atomic E-state index is -2.92. The molecule has 0 radical (unpaired) electrons. The number of rotatable bonds is 4. The van der Waals surface area contributed by atoms with Crippen molar-refractivity contribution in [3.8, 4) is 5.75 Å². The summed E-state index contributed by atoms with van der Waals surface area (Å²) in [5.41, 5.74) is 1.93. The zero-order valence-electron chi connectivity index (χ0n) is 21.4. The second kappa shape index (κ2) is 8.82. The van der Waals surface area contributed by atoms with Crippen LogP contribution >= 0.6 is 0 Å². The van der Waals surface area contributed by atoms with E-state index in [1.807, 2.05) is 0 Å². The zero-order valence-corrected chi connectivity index (χ0v) is 21.4. The number of benzene rings is 1. The van der Waals surface area contributed by atoms with E-state index >= 15 is 0 Å². The van der Waals surface area contributed by atoms with Crippen molar-refractivity contribution in [2.24, 2.45) is 17.6 Å². The number of phenols is 1. The van der Waals surface area contributed by atoms with Crippen LogP contribution in [0, 0.1) is 11.8 Å². The Hall–Kier alpha value is -3.41. The van der Waals surface area contributed by atoms with E-state index < -0.39 is 75.6 Å². The summed E-state index contributed by atoms with van der Waals surface area (Å²) in [6.07, 6.45) is 2.38. The number of aliphatic hydroxyl groups is 4. The van der Waals surface area contributed by atoms with Crippen molar-refractivity contribution in [3.05, 3.63) is 40.2 Å². The van der Waals surface area contributed by atoms with E-state index in [4.69, 9.17) is 5.73 Å². The second-order valence-electron chi connectivity index (χ2n) is 11.1. The third kappa shape index (κ3) is 3.35. The van der Waals surface area contributed by atoms with Crippen LogP contribution in [0.2, 0.25) is 0 Å². The molecular weight excluding hydrogens is 494 g/mol. The molecule has 5 rings (SSSR count). The number of nitrogens with zero attached hydrogens (tertiary/aromatic N) is 1. The van der Waals surface area contributed by atoms with Gasteiger partial charge in [-0.15, -0.1) is 0 Å². The van der Waals surface area contributed by atoms with E-state index in [2.05, 4.69) is 5.32 Å². The van der Waals surface area contributed by atoms with Crippen LogP contribution in [0.15, 0.2) is 29.0 Å². The van der Waals surface area contributed by atoms with Gasteiger partial charge in [0.2, 0.25) is 5.78 Å². The van der Waals surface area contributed by atoms with Gasteiger partial charge in [0.1, 0.15) is 22.8 Å². The fourth-order valence-corrected chi connectivity index (χ4v) is 7.02. The van der Waals surface area contributed by atoms with Gasteiger partial charge in [-0.1, -0.05) is 25.8 Å². The quantitative estimate of drug-likeness (QED) is 0.218. The molecule has 4 aliphatic carbocycles. The Bertz CT molecular complexity index is 1310. The molecule has 0 heterocycles. The number of hydrogen-bond acceptors (Lipinski definition) is 10. The highest BCUT2D eigenvalue weighted by Gasteiger charge is 2.68. The molecule has 0 saturated heterocycles. The molecule has 1 amide bonds. The maximum Gasteiger partial charge on any atom is 0.255 e. The maximum atomic E-state index is 14.0. The highest BCUT2D eigenvalue weighted by molar-refractivity contribution is 6.24. The third-order valence-corrected chi connectivity index (χ3v) is 8.84. The number of primary amides is 1. The van der Waals surface area contributed by atoms with Gasteiger partial charge in [0.15, 0.2) is 11.4 Å². The number of phenolic OH excluding ortho intramolecular Hbond substituents is 1. The average Bonchev–Trinajstić information content (AvgIpc) is 3.35. The molecule has 2 fully saturated rings. The molecule has 38 heavy (non-hydrogen) atoms. The molecule has 8 N–H and O–H groups in total. The summed E-state index contributed by atoms with van der Waals surface area (Å²) in [5, 5.41) is 60.2. The molecule has 204 valence electrons. The Morgan fingerprint density at radius 2 is 1.76 bits per heavy atom. The van der Waals surface area contributed by atoms with Gasteiger partial charge in [0, 0.05) is 17.5 Å². The van der Waals surface area contributed by atoms with Crippen LogP contribution in [0.1, 0.15) is 49.7 Å². The minimum absolute atomic E-state index is 0.0102. The van der Waals surface area contributed by atoms with Crippen molar-refractivity contribution in [1.29, 1.82) is 0 Å². The first-order valence-corrected chi connectivity index (χ1v) is 12.8. The van der Waals surface area contributed by atoms with E-state index in [1.165, 1.54) is 19.0 Å². The zero-order chi connectivity index (χ0) is 27.8. The lowest BCUT2D eigenvalue weighted by Crippen LogP contribution is -2.70. The number of hydrogen-bond donors (Lipinski definition) is 7. The molecule has 4 aliphatic rings. The molecule has 11 heteroatoms. The smallest absolute Gasteiger partial charge is 0.255 e. The van der Waals surface area contributed by atoms with Crippen molar-refractivity contribution in [2.45, 2.75) is 62.3 Å². The van der Waals surface area contributed by atoms with Gasteiger partial charge in [-0.05, 0) is 44.5 Å². The van der Waals surface area contributed by atoms with Crippen LogP contribution < -0.4 is 11.1 Å². The number of carbonyl (C=O) groups is 3. The first kappa shape index (κ1) is 26.2. The van der Waals surface area contributed by atoms with Gasteiger partial charge in [-0.3, -0.25) is 19.3 Å². The number of anilines is 1. The molecule has 0 spiro atoms.